The summed E-state index contributed by atoms with van der Waals surface area (Å²) in [6.45, 7) is 3.19. The predicted molar refractivity (Wildman–Crippen MR) is 82.3 cm³/mol. The highest BCUT2D eigenvalue weighted by Crippen LogP contribution is 2.34. The highest BCUT2D eigenvalue weighted by Gasteiger charge is 2.29. The maximum absolute atomic E-state index is 5.63. The van der Waals surface area contributed by atoms with Crippen LogP contribution in [-0.4, -0.2) is 23.6 Å². The average Bonchev–Trinajstić information content (AvgIpc) is 2.99. The van der Waals surface area contributed by atoms with Crippen LogP contribution in [0.15, 0.2) is 34.9 Å². The molecule has 0 radical (unpaired) electrons. The molecule has 0 unspecified atom stereocenters. The van der Waals surface area contributed by atoms with E-state index in [4.69, 9.17) is 4.52 Å². The van der Waals surface area contributed by atoms with Crippen molar-refractivity contribution >= 4 is 12.4 Å². The monoisotopic (exact) mass is 292 g/mol. The second-order valence-electron chi connectivity index (χ2n) is 5.41. The molecule has 0 aliphatic carbocycles. The Hall–Kier alpha value is -1.32. The van der Waals surface area contributed by atoms with Crippen molar-refractivity contribution < 1.29 is 4.52 Å². The fraction of sp³-hybridized carbons (Fsp3) is 0.438. The molecule has 1 saturated heterocycles. The van der Waals surface area contributed by atoms with Gasteiger partial charge in [0.2, 0.25) is 0 Å². The van der Waals surface area contributed by atoms with Crippen molar-refractivity contribution in [2.45, 2.75) is 32.2 Å². The van der Waals surface area contributed by atoms with Crippen molar-refractivity contribution in [3.63, 3.8) is 0 Å². The molecule has 4 heteroatoms. The highest BCUT2D eigenvalue weighted by molar-refractivity contribution is 5.85. The molecule has 1 aromatic heterocycles. The number of hydrogen-bond donors (Lipinski definition) is 0. The van der Waals surface area contributed by atoms with Crippen molar-refractivity contribution in [1.82, 2.24) is 10.1 Å². The zero-order valence-electron chi connectivity index (χ0n) is 12.0. The van der Waals surface area contributed by atoms with Gasteiger partial charge in [-0.15, -0.1) is 12.4 Å². The molecule has 3 rings (SSSR count). The first kappa shape index (κ1) is 15.1. The third-order valence-electron chi connectivity index (χ3n) is 4.06. The summed E-state index contributed by atoms with van der Waals surface area (Å²) in [5.74, 6) is 1.07. The molecular formula is C16H21ClN2O. The van der Waals surface area contributed by atoms with Crippen LogP contribution in [0.5, 0.6) is 0 Å². The molecule has 1 aliphatic rings. The summed E-state index contributed by atoms with van der Waals surface area (Å²) >= 11 is 0. The molecular weight excluding hydrogens is 272 g/mol. The molecule has 1 aromatic carbocycles. The number of aryl methyl sites for hydroxylation is 1. The Labute approximate surface area is 126 Å². The number of aromatic nitrogens is 1. The molecule has 1 fully saturated rings. The molecule has 3 nitrogen and oxygen atoms in total. The molecule has 1 atom stereocenters. The Balaban J connectivity index is 0.00000147. The summed E-state index contributed by atoms with van der Waals surface area (Å²) in [7, 11) is 2.17. The molecule has 0 bridgehead atoms. The number of halogens is 1. The minimum atomic E-state index is 0. The normalized spacial score (nSPS) is 19.0. The lowest BCUT2D eigenvalue weighted by Gasteiger charge is -2.17. The smallest absolute Gasteiger partial charge is 0.157 e. The van der Waals surface area contributed by atoms with Crippen LogP contribution in [0.25, 0.3) is 0 Å². The van der Waals surface area contributed by atoms with Crippen LogP contribution in [0.2, 0.25) is 0 Å². The molecule has 20 heavy (non-hydrogen) atoms. The van der Waals surface area contributed by atoms with E-state index in [1.807, 2.05) is 6.92 Å². The molecule has 2 aromatic rings. The Morgan fingerprint density at radius 1 is 1.30 bits per heavy atom. The topological polar surface area (TPSA) is 29.3 Å². The Morgan fingerprint density at radius 3 is 2.70 bits per heavy atom. The first-order valence-corrected chi connectivity index (χ1v) is 6.95. The summed E-state index contributed by atoms with van der Waals surface area (Å²) in [5.41, 5.74) is 3.61. The third kappa shape index (κ3) is 2.89. The van der Waals surface area contributed by atoms with E-state index in [0.717, 1.165) is 24.4 Å². The summed E-state index contributed by atoms with van der Waals surface area (Å²) in [6.07, 6.45) is 3.33. The van der Waals surface area contributed by atoms with Crippen molar-refractivity contribution in [2.75, 3.05) is 13.6 Å². The van der Waals surface area contributed by atoms with Gasteiger partial charge in [0.05, 0.1) is 11.7 Å². The van der Waals surface area contributed by atoms with Crippen LogP contribution in [0.3, 0.4) is 0 Å². The Morgan fingerprint density at radius 2 is 2.05 bits per heavy atom. The summed E-state index contributed by atoms with van der Waals surface area (Å²) in [6, 6.07) is 10.9. The molecule has 0 N–H and O–H groups in total. The molecule has 0 amide bonds. The Kier molecular flexibility index (Phi) is 4.84. The van der Waals surface area contributed by atoms with Gasteiger partial charge in [-0.3, -0.25) is 4.90 Å². The average molecular weight is 293 g/mol. The first-order chi connectivity index (χ1) is 9.25. The molecule has 1 aliphatic heterocycles. The van der Waals surface area contributed by atoms with Gasteiger partial charge in [0.15, 0.2) is 5.76 Å². The van der Waals surface area contributed by atoms with Crippen molar-refractivity contribution in [3.8, 4) is 0 Å². The van der Waals surface area contributed by atoms with Gasteiger partial charge in [-0.05, 0) is 38.9 Å². The lowest BCUT2D eigenvalue weighted by Crippen LogP contribution is -2.18. The summed E-state index contributed by atoms with van der Waals surface area (Å²) < 4.78 is 5.63. The van der Waals surface area contributed by atoms with Crippen molar-refractivity contribution in [1.29, 1.82) is 0 Å². The number of likely N-dealkylation sites (tertiary alicyclic amines) is 1. The maximum atomic E-state index is 5.63. The van der Waals surface area contributed by atoms with Gasteiger partial charge in [-0.25, -0.2) is 0 Å². The highest BCUT2D eigenvalue weighted by atomic mass is 35.5. The van der Waals surface area contributed by atoms with Crippen molar-refractivity contribution in [3.05, 3.63) is 52.9 Å². The fourth-order valence-corrected chi connectivity index (χ4v) is 2.92. The van der Waals surface area contributed by atoms with Crippen LogP contribution < -0.4 is 0 Å². The van der Waals surface area contributed by atoms with E-state index in [1.165, 1.54) is 24.0 Å². The van der Waals surface area contributed by atoms with E-state index in [2.05, 4.69) is 47.4 Å². The zero-order valence-corrected chi connectivity index (χ0v) is 12.8. The van der Waals surface area contributed by atoms with Gasteiger partial charge in [-0.2, -0.15) is 0 Å². The lowest BCUT2D eigenvalue weighted by atomic mass is 9.99. The minimum Gasteiger partial charge on any atom is -0.359 e. The third-order valence-corrected chi connectivity index (χ3v) is 4.06. The first-order valence-electron chi connectivity index (χ1n) is 6.95. The van der Waals surface area contributed by atoms with Crippen LogP contribution in [0.4, 0.5) is 0 Å². The summed E-state index contributed by atoms with van der Waals surface area (Å²) in [5, 5.41) is 4.19. The molecule has 108 valence electrons. The van der Waals surface area contributed by atoms with Gasteiger partial charge in [0, 0.05) is 12.0 Å². The number of rotatable bonds is 3. The van der Waals surface area contributed by atoms with Gasteiger partial charge in [-0.1, -0.05) is 35.5 Å². The van der Waals surface area contributed by atoms with Gasteiger partial charge >= 0.3 is 0 Å². The lowest BCUT2D eigenvalue weighted by molar-refractivity contribution is 0.250. The quantitative estimate of drug-likeness (QED) is 0.862. The van der Waals surface area contributed by atoms with Gasteiger partial charge in [0.25, 0.3) is 0 Å². The van der Waals surface area contributed by atoms with Crippen LogP contribution in [0.1, 0.15) is 41.5 Å². The second kappa shape index (κ2) is 6.42. The molecule has 2 heterocycles. The minimum absolute atomic E-state index is 0. The zero-order chi connectivity index (χ0) is 13.2. The predicted octanol–water partition coefficient (Wildman–Crippen LogP) is 3.76. The van der Waals surface area contributed by atoms with E-state index in [0.29, 0.717) is 6.04 Å². The van der Waals surface area contributed by atoms with E-state index < -0.39 is 0 Å². The molecule has 0 spiro atoms. The fourth-order valence-electron chi connectivity index (χ4n) is 2.92. The SMILES string of the molecule is Cc1noc([C@@H]2CCCN2C)c1Cc1ccccc1.Cl. The van der Waals surface area contributed by atoms with Gasteiger partial charge in [0.1, 0.15) is 0 Å². The van der Waals surface area contributed by atoms with E-state index in [1.54, 1.807) is 0 Å². The standard InChI is InChI=1S/C16H20N2O.ClH/c1-12-14(11-13-7-4-3-5-8-13)16(19-17-12)15-9-6-10-18(15)2;/h3-5,7-8,15H,6,9-11H2,1-2H3;1H/t15-;/m0./s1. The van der Waals surface area contributed by atoms with Crippen LogP contribution in [0, 0.1) is 6.92 Å². The van der Waals surface area contributed by atoms with Crippen LogP contribution in [-0.2, 0) is 6.42 Å². The van der Waals surface area contributed by atoms with E-state index >= 15 is 0 Å². The van der Waals surface area contributed by atoms with Crippen LogP contribution >= 0.6 is 12.4 Å². The largest absolute Gasteiger partial charge is 0.359 e. The maximum Gasteiger partial charge on any atom is 0.157 e. The Bertz CT molecular complexity index is 553. The molecule has 0 saturated carbocycles. The van der Waals surface area contributed by atoms with Crippen molar-refractivity contribution in [2.24, 2.45) is 0 Å². The number of nitrogens with zero attached hydrogens (tertiary/aromatic N) is 2. The van der Waals surface area contributed by atoms with E-state index in [-0.39, 0.29) is 12.4 Å². The van der Waals surface area contributed by atoms with E-state index in [9.17, 15) is 0 Å². The number of benzene rings is 1. The summed E-state index contributed by atoms with van der Waals surface area (Å²) in [4.78, 5) is 2.37. The van der Waals surface area contributed by atoms with Gasteiger partial charge < -0.3 is 4.52 Å². The number of hydrogen-bond acceptors (Lipinski definition) is 3. The second-order valence-corrected chi connectivity index (χ2v) is 5.41.